The van der Waals surface area contributed by atoms with E-state index in [1.54, 1.807) is 11.8 Å². The molecule has 0 spiro atoms. The molecule has 0 aromatic heterocycles. The molecule has 1 saturated heterocycles. The van der Waals surface area contributed by atoms with Crippen molar-refractivity contribution in [1.82, 2.24) is 5.32 Å². The highest BCUT2D eigenvalue weighted by molar-refractivity contribution is 8.00. The molecule has 1 N–H and O–H groups in total. The largest absolute Gasteiger partial charge is 0.306 e. The lowest BCUT2D eigenvalue weighted by Crippen LogP contribution is -2.49. The number of carbonyl (C=O) groups is 1. The molecule has 1 rings (SSSR count). The van der Waals surface area contributed by atoms with Crippen molar-refractivity contribution in [3.63, 3.8) is 0 Å². The van der Waals surface area contributed by atoms with Gasteiger partial charge < -0.3 is 5.32 Å². The highest BCUT2D eigenvalue weighted by Gasteiger charge is 2.31. The number of rotatable bonds is 3. The molecule has 1 aliphatic heterocycles. The quantitative estimate of drug-likeness (QED) is 0.763. The molecule has 14 heavy (non-hydrogen) atoms. The summed E-state index contributed by atoms with van der Waals surface area (Å²) < 4.78 is 0. The van der Waals surface area contributed by atoms with E-state index < -0.39 is 5.92 Å². The topological polar surface area (TPSA) is 52.9 Å². The maximum absolute atomic E-state index is 11.9. The summed E-state index contributed by atoms with van der Waals surface area (Å²) in [5, 5.41) is 12.3. The summed E-state index contributed by atoms with van der Waals surface area (Å²) in [5.74, 6) is 0.678. The van der Waals surface area contributed by atoms with Gasteiger partial charge in [-0.1, -0.05) is 13.8 Å². The highest BCUT2D eigenvalue weighted by atomic mass is 32.2. The first-order valence-electron chi connectivity index (χ1n) is 4.99. The molecule has 0 aromatic rings. The number of hydrogen-bond donors (Lipinski definition) is 1. The summed E-state index contributed by atoms with van der Waals surface area (Å²) in [6.45, 7) is 4.79. The van der Waals surface area contributed by atoms with E-state index in [1.165, 1.54) is 0 Å². The molecular formula is C10H16N2OS. The Morgan fingerprint density at radius 2 is 2.50 bits per heavy atom. The Labute approximate surface area is 89.2 Å². The highest BCUT2D eigenvalue weighted by Crippen LogP contribution is 2.21. The number of nitrogens with one attached hydrogen (secondary N) is 1. The summed E-state index contributed by atoms with van der Waals surface area (Å²) in [7, 11) is 0. The fourth-order valence-corrected chi connectivity index (χ4v) is 2.66. The SMILES string of the molecule is CCC(C#N)C(=O)C1NCCSC1C. The summed E-state index contributed by atoms with van der Waals surface area (Å²) in [6.07, 6.45) is 0.616. The molecule has 0 bridgehead atoms. The van der Waals surface area contributed by atoms with E-state index in [-0.39, 0.29) is 11.8 Å². The number of nitriles is 1. The van der Waals surface area contributed by atoms with E-state index in [4.69, 9.17) is 5.26 Å². The Kier molecular flexibility index (Phi) is 4.43. The fourth-order valence-electron chi connectivity index (χ4n) is 1.63. The molecule has 0 saturated carbocycles. The van der Waals surface area contributed by atoms with Gasteiger partial charge in [-0.2, -0.15) is 17.0 Å². The van der Waals surface area contributed by atoms with Crippen LogP contribution in [0.15, 0.2) is 0 Å². The van der Waals surface area contributed by atoms with Crippen molar-refractivity contribution in [2.45, 2.75) is 31.6 Å². The van der Waals surface area contributed by atoms with E-state index in [2.05, 4.69) is 11.4 Å². The van der Waals surface area contributed by atoms with Gasteiger partial charge >= 0.3 is 0 Å². The monoisotopic (exact) mass is 212 g/mol. The van der Waals surface area contributed by atoms with Crippen LogP contribution >= 0.6 is 11.8 Å². The lowest BCUT2D eigenvalue weighted by molar-refractivity contribution is -0.123. The van der Waals surface area contributed by atoms with Gasteiger partial charge in [0.2, 0.25) is 0 Å². The van der Waals surface area contributed by atoms with Crippen molar-refractivity contribution < 1.29 is 4.79 Å². The van der Waals surface area contributed by atoms with Crippen LogP contribution in [-0.2, 0) is 4.79 Å². The van der Waals surface area contributed by atoms with Crippen molar-refractivity contribution in [2.75, 3.05) is 12.3 Å². The number of carbonyl (C=O) groups excluding carboxylic acids is 1. The molecule has 1 heterocycles. The second kappa shape index (κ2) is 5.38. The average molecular weight is 212 g/mol. The maximum atomic E-state index is 11.9. The Bertz CT molecular complexity index is 249. The Balaban J connectivity index is 2.62. The second-order valence-electron chi connectivity index (χ2n) is 3.50. The minimum atomic E-state index is -0.436. The number of hydrogen-bond acceptors (Lipinski definition) is 4. The van der Waals surface area contributed by atoms with Gasteiger partial charge in [0, 0.05) is 17.5 Å². The van der Waals surface area contributed by atoms with E-state index in [1.807, 2.05) is 13.8 Å². The van der Waals surface area contributed by atoms with Crippen molar-refractivity contribution in [3.8, 4) is 6.07 Å². The van der Waals surface area contributed by atoms with Gasteiger partial charge in [0.05, 0.1) is 12.1 Å². The molecule has 3 nitrogen and oxygen atoms in total. The first-order valence-corrected chi connectivity index (χ1v) is 6.04. The first kappa shape index (κ1) is 11.5. The summed E-state index contributed by atoms with van der Waals surface area (Å²) in [4.78, 5) is 11.9. The van der Waals surface area contributed by atoms with Crippen molar-refractivity contribution in [2.24, 2.45) is 5.92 Å². The third-order valence-corrected chi connectivity index (χ3v) is 3.77. The summed E-state index contributed by atoms with van der Waals surface area (Å²) in [5.41, 5.74) is 0. The van der Waals surface area contributed by atoms with E-state index in [0.29, 0.717) is 11.7 Å². The third-order valence-electron chi connectivity index (χ3n) is 2.53. The van der Waals surface area contributed by atoms with Crippen LogP contribution in [0, 0.1) is 17.2 Å². The maximum Gasteiger partial charge on any atom is 0.167 e. The van der Waals surface area contributed by atoms with Crippen LogP contribution in [0.2, 0.25) is 0 Å². The molecule has 3 unspecified atom stereocenters. The van der Waals surface area contributed by atoms with Crippen LogP contribution < -0.4 is 5.32 Å². The van der Waals surface area contributed by atoms with Gasteiger partial charge in [0.25, 0.3) is 0 Å². The zero-order chi connectivity index (χ0) is 10.6. The molecule has 78 valence electrons. The Morgan fingerprint density at radius 1 is 1.79 bits per heavy atom. The lowest BCUT2D eigenvalue weighted by atomic mass is 9.95. The minimum absolute atomic E-state index is 0.0645. The fraction of sp³-hybridized carbons (Fsp3) is 0.800. The molecule has 0 aliphatic carbocycles. The van der Waals surface area contributed by atoms with Crippen molar-refractivity contribution in [1.29, 1.82) is 5.26 Å². The zero-order valence-electron chi connectivity index (χ0n) is 8.62. The molecular weight excluding hydrogens is 196 g/mol. The van der Waals surface area contributed by atoms with E-state index in [9.17, 15) is 4.79 Å². The van der Waals surface area contributed by atoms with Gasteiger partial charge in [-0.15, -0.1) is 0 Å². The molecule has 0 amide bonds. The number of Topliss-reactive ketones (excluding diaryl/α,β-unsaturated/α-hetero) is 1. The van der Waals surface area contributed by atoms with Gasteiger partial charge in [-0.25, -0.2) is 0 Å². The Hall–Kier alpha value is -0.530. The molecule has 1 aliphatic rings. The summed E-state index contributed by atoms with van der Waals surface area (Å²) >= 11 is 1.80. The molecule has 0 aromatic carbocycles. The molecule has 3 atom stereocenters. The van der Waals surface area contributed by atoms with Crippen LogP contribution in [-0.4, -0.2) is 29.4 Å². The predicted octanol–water partition coefficient (Wildman–Crippen LogP) is 1.20. The van der Waals surface area contributed by atoms with Crippen LogP contribution in [0.5, 0.6) is 0 Å². The number of ketones is 1. The average Bonchev–Trinajstić information content (AvgIpc) is 2.20. The molecule has 0 radical (unpaired) electrons. The third kappa shape index (κ3) is 2.49. The van der Waals surface area contributed by atoms with Crippen LogP contribution in [0.4, 0.5) is 0 Å². The van der Waals surface area contributed by atoms with Crippen molar-refractivity contribution >= 4 is 17.5 Å². The molecule has 1 fully saturated rings. The zero-order valence-corrected chi connectivity index (χ0v) is 9.43. The first-order chi connectivity index (χ1) is 6.70. The predicted molar refractivity (Wildman–Crippen MR) is 58.1 cm³/mol. The van der Waals surface area contributed by atoms with Crippen LogP contribution in [0.25, 0.3) is 0 Å². The minimum Gasteiger partial charge on any atom is -0.306 e. The van der Waals surface area contributed by atoms with Gasteiger partial charge in [0.15, 0.2) is 5.78 Å². The smallest absolute Gasteiger partial charge is 0.167 e. The van der Waals surface area contributed by atoms with E-state index >= 15 is 0 Å². The van der Waals surface area contributed by atoms with Gasteiger partial charge in [-0.05, 0) is 6.42 Å². The lowest BCUT2D eigenvalue weighted by Gasteiger charge is -2.29. The summed E-state index contributed by atoms with van der Waals surface area (Å²) in [6, 6.07) is 1.94. The second-order valence-corrected chi connectivity index (χ2v) is 4.99. The molecule has 4 heteroatoms. The number of nitrogens with zero attached hydrogens (tertiary/aromatic N) is 1. The van der Waals surface area contributed by atoms with Crippen LogP contribution in [0.1, 0.15) is 20.3 Å². The normalized spacial score (nSPS) is 29.2. The Morgan fingerprint density at radius 3 is 3.00 bits per heavy atom. The van der Waals surface area contributed by atoms with Gasteiger partial charge in [-0.3, -0.25) is 4.79 Å². The number of thioether (sulfide) groups is 1. The van der Waals surface area contributed by atoms with Gasteiger partial charge in [0.1, 0.15) is 5.92 Å². The van der Waals surface area contributed by atoms with E-state index in [0.717, 1.165) is 12.3 Å². The standard InChI is InChI=1S/C10H16N2OS/c1-3-8(6-11)10(13)9-7(2)14-5-4-12-9/h7-9,12H,3-5H2,1-2H3. The van der Waals surface area contributed by atoms with Crippen LogP contribution in [0.3, 0.4) is 0 Å². The van der Waals surface area contributed by atoms with Crippen molar-refractivity contribution in [3.05, 3.63) is 0 Å².